The first kappa shape index (κ1) is 19.2. The molecule has 0 heterocycles. The van der Waals surface area contributed by atoms with E-state index in [4.69, 9.17) is 9.47 Å². The van der Waals surface area contributed by atoms with Gasteiger partial charge in [-0.05, 0) is 74.2 Å². The number of hydrogen-bond donors (Lipinski definition) is 1. The van der Waals surface area contributed by atoms with Crippen LogP contribution in [0.3, 0.4) is 0 Å². The van der Waals surface area contributed by atoms with Crippen LogP contribution in [-0.2, 0) is 0 Å². The van der Waals surface area contributed by atoms with Crippen LogP contribution >= 0.6 is 0 Å². The van der Waals surface area contributed by atoms with Gasteiger partial charge in [-0.1, -0.05) is 12.0 Å². The van der Waals surface area contributed by atoms with Crippen molar-refractivity contribution in [1.29, 1.82) is 0 Å². The van der Waals surface area contributed by atoms with Crippen LogP contribution in [0.2, 0.25) is 0 Å². The zero-order chi connectivity index (χ0) is 19.1. The molecule has 0 aromatic heterocycles. The van der Waals surface area contributed by atoms with Crippen molar-refractivity contribution in [3.63, 3.8) is 0 Å². The van der Waals surface area contributed by atoms with Crippen molar-refractivity contribution in [1.82, 2.24) is 4.90 Å². The quantitative estimate of drug-likeness (QED) is 0.648. The maximum Gasteiger partial charge on any atom is 0.321 e. The molecule has 0 fully saturated rings. The van der Waals surface area contributed by atoms with Crippen molar-refractivity contribution in [3.05, 3.63) is 53.6 Å². The van der Waals surface area contributed by atoms with Crippen LogP contribution in [0.25, 0.3) is 0 Å². The predicted octanol–water partition coefficient (Wildman–Crippen LogP) is 4.20. The number of nitrogens with one attached hydrogen (secondary N) is 1. The number of hydrogen-bond acceptors (Lipinski definition) is 3. The molecule has 2 amide bonds. The van der Waals surface area contributed by atoms with Gasteiger partial charge in [-0.25, -0.2) is 4.79 Å². The molecule has 0 aliphatic heterocycles. The summed E-state index contributed by atoms with van der Waals surface area (Å²) < 4.78 is 11.7. The second kappa shape index (κ2) is 8.82. The third kappa shape index (κ3) is 5.75. The van der Waals surface area contributed by atoms with E-state index in [0.29, 0.717) is 17.2 Å². The van der Waals surface area contributed by atoms with Gasteiger partial charge in [-0.2, -0.15) is 0 Å². The highest BCUT2D eigenvalue weighted by Crippen LogP contribution is 2.21. The minimum atomic E-state index is -0.719. The number of anilines is 1. The maximum absolute atomic E-state index is 11.7. The average Bonchev–Trinajstić information content (AvgIpc) is 2.55. The highest BCUT2D eigenvalue weighted by molar-refractivity contribution is 5.88. The molecule has 2 rings (SSSR count). The van der Waals surface area contributed by atoms with Crippen molar-refractivity contribution in [3.8, 4) is 23.3 Å². The van der Waals surface area contributed by atoms with E-state index in [1.807, 2.05) is 26.0 Å². The van der Waals surface area contributed by atoms with E-state index in [-0.39, 0.29) is 6.03 Å². The van der Waals surface area contributed by atoms with Gasteiger partial charge in [0.2, 0.25) is 0 Å². The first-order valence-electron chi connectivity index (χ1n) is 8.29. The molecule has 0 radical (unpaired) electrons. The summed E-state index contributed by atoms with van der Waals surface area (Å²) in [5.41, 5.74) is 2.91. The summed E-state index contributed by atoms with van der Waals surface area (Å²) in [6, 6.07) is 12.8. The first-order valence-corrected chi connectivity index (χ1v) is 8.29. The van der Waals surface area contributed by atoms with Crippen molar-refractivity contribution >= 4 is 11.7 Å². The molecule has 1 unspecified atom stereocenters. The fourth-order valence-electron chi connectivity index (χ4n) is 2.30. The van der Waals surface area contributed by atoms with Crippen LogP contribution in [0, 0.1) is 25.7 Å². The Morgan fingerprint density at radius 3 is 2.12 bits per heavy atom. The largest absolute Gasteiger partial charge is 0.444 e. The van der Waals surface area contributed by atoms with Gasteiger partial charge in [0.15, 0.2) is 0 Å². The number of nitrogens with zero attached hydrogens (tertiary/aromatic N) is 1. The van der Waals surface area contributed by atoms with Crippen LogP contribution in [0.4, 0.5) is 10.5 Å². The minimum Gasteiger partial charge on any atom is -0.444 e. The highest BCUT2D eigenvalue weighted by atomic mass is 16.7. The fraction of sp³-hybridized carbons (Fsp3) is 0.286. The molecule has 5 heteroatoms. The van der Waals surface area contributed by atoms with Gasteiger partial charge < -0.3 is 19.7 Å². The number of urea groups is 1. The number of carbonyl (C=O) groups excluding carboxylic acids is 1. The van der Waals surface area contributed by atoms with E-state index in [1.54, 1.807) is 45.3 Å². The zero-order valence-electron chi connectivity index (χ0n) is 15.8. The Morgan fingerprint density at radius 2 is 1.58 bits per heavy atom. The molecular formula is C21H24N2O3. The Morgan fingerprint density at radius 1 is 1.00 bits per heavy atom. The van der Waals surface area contributed by atoms with E-state index in [0.717, 1.165) is 11.1 Å². The number of amides is 2. The van der Waals surface area contributed by atoms with E-state index in [1.165, 1.54) is 4.90 Å². The van der Waals surface area contributed by atoms with Crippen LogP contribution in [0.15, 0.2) is 42.5 Å². The Labute approximate surface area is 154 Å². The van der Waals surface area contributed by atoms with Crippen LogP contribution < -0.4 is 14.8 Å². The third-order valence-corrected chi connectivity index (χ3v) is 3.46. The van der Waals surface area contributed by atoms with E-state index < -0.39 is 6.29 Å². The zero-order valence-corrected chi connectivity index (χ0v) is 15.8. The van der Waals surface area contributed by atoms with Crippen LogP contribution in [0.5, 0.6) is 11.5 Å². The summed E-state index contributed by atoms with van der Waals surface area (Å²) >= 11 is 0. The summed E-state index contributed by atoms with van der Waals surface area (Å²) in [4.78, 5) is 13.1. The number of carbonyl (C=O) groups is 1. The van der Waals surface area contributed by atoms with E-state index >= 15 is 0 Å². The molecule has 5 nitrogen and oxygen atoms in total. The van der Waals surface area contributed by atoms with Crippen molar-refractivity contribution in [2.45, 2.75) is 27.1 Å². The van der Waals surface area contributed by atoms with Crippen LogP contribution in [-0.4, -0.2) is 31.3 Å². The summed E-state index contributed by atoms with van der Waals surface area (Å²) in [6.07, 6.45) is -0.719. The summed E-state index contributed by atoms with van der Waals surface area (Å²) in [5, 5.41) is 2.77. The lowest BCUT2D eigenvalue weighted by Gasteiger charge is -2.17. The second-order valence-electron chi connectivity index (χ2n) is 6.13. The average molecular weight is 352 g/mol. The van der Waals surface area contributed by atoms with Gasteiger partial charge in [-0.3, -0.25) is 0 Å². The van der Waals surface area contributed by atoms with Crippen molar-refractivity contribution < 1.29 is 14.3 Å². The monoisotopic (exact) mass is 352 g/mol. The number of benzene rings is 2. The molecule has 1 atom stereocenters. The molecule has 26 heavy (non-hydrogen) atoms. The number of aryl methyl sites for hydroxylation is 2. The number of ether oxygens (including phenoxy) is 2. The maximum atomic E-state index is 11.7. The molecular weight excluding hydrogens is 328 g/mol. The van der Waals surface area contributed by atoms with Crippen LogP contribution in [0.1, 0.15) is 18.1 Å². The molecule has 0 aliphatic carbocycles. The third-order valence-electron chi connectivity index (χ3n) is 3.46. The Bertz CT molecular complexity index is 797. The van der Waals surface area contributed by atoms with E-state index in [9.17, 15) is 4.79 Å². The van der Waals surface area contributed by atoms with Gasteiger partial charge >= 0.3 is 12.3 Å². The lowest BCUT2D eigenvalue weighted by Crippen LogP contribution is -2.27. The smallest absolute Gasteiger partial charge is 0.321 e. The van der Waals surface area contributed by atoms with Gasteiger partial charge in [0.1, 0.15) is 11.5 Å². The molecule has 1 N–H and O–H groups in total. The topological polar surface area (TPSA) is 50.8 Å². The molecule has 0 bridgehead atoms. The first-order chi connectivity index (χ1) is 12.4. The Balaban J connectivity index is 2.07. The van der Waals surface area contributed by atoms with E-state index in [2.05, 4.69) is 23.2 Å². The molecule has 0 saturated heterocycles. The van der Waals surface area contributed by atoms with Gasteiger partial charge in [0.05, 0.1) is 0 Å². The standard InChI is InChI=1S/C21H24N2O3/c1-6-7-20(26-19-13-15(2)12-16(3)14-19)25-18-10-8-17(9-11-18)22-21(24)23(4)5/h8-14,20H,1-5H3,(H,22,24). The predicted molar refractivity (Wildman–Crippen MR) is 104 cm³/mol. The SMILES string of the molecule is CC#CC(Oc1ccc(NC(=O)N(C)C)cc1)Oc1cc(C)cc(C)c1. The highest BCUT2D eigenvalue weighted by Gasteiger charge is 2.10. The van der Waals surface area contributed by atoms with Gasteiger partial charge in [0.25, 0.3) is 0 Å². The minimum absolute atomic E-state index is 0.188. The lowest BCUT2D eigenvalue weighted by molar-refractivity contribution is 0.0555. The summed E-state index contributed by atoms with van der Waals surface area (Å²) in [6.45, 7) is 5.77. The normalized spacial score (nSPS) is 11.0. The van der Waals surface area contributed by atoms with Crippen molar-refractivity contribution in [2.75, 3.05) is 19.4 Å². The number of rotatable bonds is 5. The van der Waals surface area contributed by atoms with Crippen molar-refractivity contribution in [2.24, 2.45) is 0 Å². The Kier molecular flexibility index (Phi) is 6.51. The van der Waals surface area contributed by atoms with Gasteiger partial charge in [0, 0.05) is 19.8 Å². The van der Waals surface area contributed by atoms with Gasteiger partial charge in [-0.15, -0.1) is 0 Å². The fourth-order valence-corrected chi connectivity index (χ4v) is 2.30. The summed E-state index contributed by atoms with van der Waals surface area (Å²) in [5.74, 6) is 7.05. The molecule has 2 aromatic rings. The Hall–Kier alpha value is -3.13. The molecule has 0 spiro atoms. The second-order valence-corrected chi connectivity index (χ2v) is 6.13. The molecule has 0 saturated carbocycles. The molecule has 2 aromatic carbocycles. The summed E-state index contributed by atoms with van der Waals surface area (Å²) in [7, 11) is 3.37. The molecule has 136 valence electrons. The molecule has 0 aliphatic rings. The lowest BCUT2D eigenvalue weighted by atomic mass is 10.1.